The normalized spacial score (nSPS) is 9.43. The van der Waals surface area contributed by atoms with Crippen LogP contribution in [0.15, 0.2) is 30.5 Å². The molecule has 2 heteroatoms. The van der Waals surface area contributed by atoms with E-state index in [1.807, 2.05) is 45.2 Å². The van der Waals surface area contributed by atoms with Gasteiger partial charge in [0, 0.05) is 16.6 Å². The predicted octanol–water partition coefficient (Wildman–Crippen LogP) is 4.22. The SMILES string of the molecule is CC.Cc1cnc2ccc(Cl)cc2c1. The van der Waals surface area contributed by atoms with Gasteiger partial charge in [-0.3, -0.25) is 4.98 Å². The molecule has 0 spiro atoms. The van der Waals surface area contributed by atoms with Crippen molar-refractivity contribution in [1.82, 2.24) is 4.98 Å². The summed E-state index contributed by atoms with van der Waals surface area (Å²) < 4.78 is 0. The Kier molecular flexibility index (Phi) is 3.90. The number of pyridine rings is 1. The molecule has 0 aliphatic heterocycles. The summed E-state index contributed by atoms with van der Waals surface area (Å²) in [6.45, 7) is 6.02. The molecule has 0 bridgehead atoms. The van der Waals surface area contributed by atoms with Crippen LogP contribution in [0.4, 0.5) is 0 Å². The summed E-state index contributed by atoms with van der Waals surface area (Å²) in [5, 5.41) is 1.86. The third-order valence-corrected chi connectivity index (χ3v) is 2.02. The van der Waals surface area contributed by atoms with E-state index in [4.69, 9.17) is 11.6 Å². The first-order valence-electron chi connectivity index (χ1n) is 4.77. The van der Waals surface area contributed by atoms with Crippen molar-refractivity contribution in [2.75, 3.05) is 0 Å². The van der Waals surface area contributed by atoms with Crippen molar-refractivity contribution in [3.05, 3.63) is 41.0 Å². The minimum atomic E-state index is 0.759. The van der Waals surface area contributed by atoms with Gasteiger partial charge in [-0.05, 0) is 36.8 Å². The number of rotatable bonds is 0. The van der Waals surface area contributed by atoms with Gasteiger partial charge in [-0.1, -0.05) is 25.4 Å². The molecule has 0 saturated heterocycles. The Morgan fingerprint density at radius 3 is 2.57 bits per heavy atom. The molecular formula is C12H14ClN. The molecule has 1 aromatic carbocycles. The van der Waals surface area contributed by atoms with Gasteiger partial charge in [0.1, 0.15) is 0 Å². The van der Waals surface area contributed by atoms with Gasteiger partial charge in [0.05, 0.1) is 5.52 Å². The molecule has 0 amide bonds. The fraction of sp³-hybridized carbons (Fsp3) is 0.250. The summed E-state index contributed by atoms with van der Waals surface area (Å²) in [6.07, 6.45) is 1.86. The molecule has 0 radical (unpaired) electrons. The zero-order valence-corrected chi connectivity index (χ0v) is 9.47. The molecule has 0 saturated carbocycles. The van der Waals surface area contributed by atoms with Crippen LogP contribution in [-0.2, 0) is 0 Å². The van der Waals surface area contributed by atoms with Crippen LogP contribution < -0.4 is 0 Å². The molecule has 74 valence electrons. The van der Waals surface area contributed by atoms with E-state index in [0.717, 1.165) is 21.5 Å². The van der Waals surface area contributed by atoms with E-state index in [0.29, 0.717) is 0 Å². The molecule has 1 heterocycles. The second-order valence-electron chi connectivity index (χ2n) is 2.85. The van der Waals surface area contributed by atoms with Crippen LogP contribution in [0.1, 0.15) is 19.4 Å². The Morgan fingerprint density at radius 2 is 1.86 bits per heavy atom. The highest BCUT2D eigenvalue weighted by Gasteiger charge is 1.95. The number of aromatic nitrogens is 1. The first kappa shape index (κ1) is 11.0. The predicted molar refractivity (Wildman–Crippen MR) is 62.8 cm³/mol. The highest BCUT2D eigenvalue weighted by molar-refractivity contribution is 6.31. The van der Waals surface area contributed by atoms with E-state index in [1.165, 1.54) is 0 Å². The van der Waals surface area contributed by atoms with Crippen LogP contribution in [0.3, 0.4) is 0 Å². The number of halogens is 1. The maximum absolute atomic E-state index is 5.84. The number of aryl methyl sites for hydroxylation is 1. The summed E-state index contributed by atoms with van der Waals surface area (Å²) in [7, 11) is 0. The molecule has 0 aliphatic carbocycles. The lowest BCUT2D eigenvalue weighted by molar-refractivity contribution is 1.33. The summed E-state index contributed by atoms with van der Waals surface area (Å²) in [5.41, 5.74) is 2.15. The third kappa shape index (κ3) is 2.46. The lowest BCUT2D eigenvalue weighted by Gasteiger charge is -1.98. The summed E-state index contributed by atoms with van der Waals surface area (Å²) in [5.74, 6) is 0. The Hall–Kier alpha value is -1.08. The molecule has 1 nitrogen and oxygen atoms in total. The molecule has 2 rings (SSSR count). The average Bonchev–Trinajstić information content (AvgIpc) is 2.20. The van der Waals surface area contributed by atoms with Crippen molar-refractivity contribution in [3.8, 4) is 0 Å². The van der Waals surface area contributed by atoms with Gasteiger partial charge in [-0.25, -0.2) is 0 Å². The van der Waals surface area contributed by atoms with Gasteiger partial charge >= 0.3 is 0 Å². The van der Waals surface area contributed by atoms with Crippen LogP contribution in [-0.4, -0.2) is 4.98 Å². The van der Waals surface area contributed by atoms with Crippen LogP contribution in [0.25, 0.3) is 10.9 Å². The number of hydrogen-bond acceptors (Lipinski definition) is 1. The summed E-state index contributed by atoms with van der Waals surface area (Å²) in [4.78, 5) is 4.26. The van der Waals surface area contributed by atoms with Crippen molar-refractivity contribution in [1.29, 1.82) is 0 Å². The van der Waals surface area contributed by atoms with Crippen molar-refractivity contribution in [3.63, 3.8) is 0 Å². The largest absolute Gasteiger partial charge is 0.256 e. The van der Waals surface area contributed by atoms with Crippen LogP contribution in [0.5, 0.6) is 0 Å². The van der Waals surface area contributed by atoms with Crippen LogP contribution in [0.2, 0.25) is 5.02 Å². The molecule has 14 heavy (non-hydrogen) atoms. The first-order valence-corrected chi connectivity index (χ1v) is 5.15. The Bertz CT molecular complexity index is 387. The molecular weight excluding hydrogens is 194 g/mol. The second-order valence-corrected chi connectivity index (χ2v) is 3.29. The van der Waals surface area contributed by atoms with Gasteiger partial charge in [-0.15, -0.1) is 0 Å². The number of nitrogens with zero attached hydrogens (tertiary/aromatic N) is 1. The van der Waals surface area contributed by atoms with Crippen molar-refractivity contribution < 1.29 is 0 Å². The minimum absolute atomic E-state index is 0.759. The smallest absolute Gasteiger partial charge is 0.0703 e. The van der Waals surface area contributed by atoms with Gasteiger partial charge < -0.3 is 0 Å². The average molecular weight is 208 g/mol. The van der Waals surface area contributed by atoms with E-state index in [9.17, 15) is 0 Å². The quantitative estimate of drug-likeness (QED) is 0.630. The lowest BCUT2D eigenvalue weighted by Crippen LogP contribution is -1.79. The molecule has 0 fully saturated rings. The van der Waals surface area contributed by atoms with Crippen LogP contribution >= 0.6 is 11.6 Å². The number of benzene rings is 1. The zero-order valence-electron chi connectivity index (χ0n) is 8.71. The number of fused-ring (bicyclic) bond motifs is 1. The van der Waals surface area contributed by atoms with Gasteiger partial charge in [-0.2, -0.15) is 0 Å². The maximum atomic E-state index is 5.84. The third-order valence-electron chi connectivity index (χ3n) is 1.78. The zero-order chi connectivity index (χ0) is 10.6. The fourth-order valence-corrected chi connectivity index (χ4v) is 1.39. The van der Waals surface area contributed by atoms with E-state index in [-0.39, 0.29) is 0 Å². The molecule has 2 aromatic rings. The second kappa shape index (κ2) is 4.97. The van der Waals surface area contributed by atoms with E-state index in [2.05, 4.69) is 11.1 Å². The van der Waals surface area contributed by atoms with E-state index in [1.54, 1.807) is 0 Å². The fourth-order valence-electron chi connectivity index (χ4n) is 1.21. The van der Waals surface area contributed by atoms with E-state index < -0.39 is 0 Å². The Balaban J connectivity index is 0.000000461. The van der Waals surface area contributed by atoms with E-state index >= 15 is 0 Å². The topological polar surface area (TPSA) is 12.9 Å². The van der Waals surface area contributed by atoms with Crippen molar-refractivity contribution in [2.45, 2.75) is 20.8 Å². The molecule has 1 aromatic heterocycles. The number of hydrogen-bond donors (Lipinski definition) is 0. The van der Waals surface area contributed by atoms with Gasteiger partial charge in [0.25, 0.3) is 0 Å². The summed E-state index contributed by atoms with van der Waals surface area (Å²) in [6, 6.07) is 7.79. The van der Waals surface area contributed by atoms with Crippen LogP contribution in [0, 0.1) is 6.92 Å². The molecule has 0 aliphatic rings. The monoisotopic (exact) mass is 207 g/mol. The molecule has 0 atom stereocenters. The Labute approximate surface area is 89.7 Å². The Morgan fingerprint density at radius 1 is 1.14 bits per heavy atom. The summed E-state index contributed by atoms with van der Waals surface area (Å²) >= 11 is 5.84. The van der Waals surface area contributed by atoms with Gasteiger partial charge in [0.15, 0.2) is 0 Å². The van der Waals surface area contributed by atoms with Crippen molar-refractivity contribution >= 4 is 22.5 Å². The highest BCUT2D eigenvalue weighted by Crippen LogP contribution is 2.17. The lowest BCUT2D eigenvalue weighted by atomic mass is 10.2. The van der Waals surface area contributed by atoms with Crippen molar-refractivity contribution in [2.24, 2.45) is 0 Å². The standard InChI is InChI=1S/C10H8ClN.C2H6/c1-7-4-8-5-9(11)2-3-10(8)12-6-7;1-2/h2-6H,1H3;1-2H3. The first-order chi connectivity index (χ1) is 6.75. The molecule has 0 N–H and O–H groups in total. The highest BCUT2D eigenvalue weighted by atomic mass is 35.5. The maximum Gasteiger partial charge on any atom is 0.0703 e. The minimum Gasteiger partial charge on any atom is -0.256 e. The molecule has 0 unspecified atom stereocenters. The van der Waals surface area contributed by atoms with Gasteiger partial charge in [0.2, 0.25) is 0 Å².